The van der Waals surface area contributed by atoms with Gasteiger partial charge >= 0.3 is 0 Å². The van der Waals surface area contributed by atoms with E-state index in [1.54, 1.807) is 0 Å². The molecule has 0 saturated carbocycles. The van der Waals surface area contributed by atoms with Gasteiger partial charge in [-0.3, -0.25) is 0 Å². The molecular formula is C18H36. The molecule has 0 aliphatic heterocycles. The van der Waals surface area contributed by atoms with Crippen LogP contribution >= 0.6 is 0 Å². The van der Waals surface area contributed by atoms with Gasteiger partial charge in [0.2, 0.25) is 0 Å². The van der Waals surface area contributed by atoms with Crippen molar-refractivity contribution < 1.29 is 0 Å². The van der Waals surface area contributed by atoms with Crippen LogP contribution in [0.25, 0.3) is 0 Å². The molecule has 0 saturated heterocycles. The van der Waals surface area contributed by atoms with E-state index in [4.69, 9.17) is 0 Å². The third-order valence-electron chi connectivity index (χ3n) is 3.91. The Balaban J connectivity index is 3.11. The lowest BCUT2D eigenvalue weighted by Gasteiger charge is -2.10. The van der Waals surface area contributed by atoms with E-state index in [0.29, 0.717) is 0 Å². The Labute approximate surface area is 116 Å². The summed E-state index contributed by atoms with van der Waals surface area (Å²) in [5.74, 6) is 0.958. The fourth-order valence-electron chi connectivity index (χ4n) is 2.55. The first-order valence-electron chi connectivity index (χ1n) is 8.42. The Bertz CT molecular complexity index is 159. The van der Waals surface area contributed by atoms with Gasteiger partial charge in [-0.15, -0.1) is 6.58 Å². The fourth-order valence-corrected chi connectivity index (χ4v) is 2.55. The summed E-state index contributed by atoms with van der Waals surface area (Å²) in [5.41, 5.74) is 0. The lowest BCUT2D eigenvalue weighted by Crippen LogP contribution is -1.95. The van der Waals surface area contributed by atoms with Crippen molar-refractivity contribution in [1.82, 2.24) is 0 Å². The highest BCUT2D eigenvalue weighted by atomic mass is 14.1. The van der Waals surface area contributed by atoms with Crippen LogP contribution in [-0.2, 0) is 0 Å². The van der Waals surface area contributed by atoms with Crippen LogP contribution < -0.4 is 0 Å². The molecule has 0 radical (unpaired) electrons. The largest absolute Gasteiger partial charge is 0.103 e. The Hall–Kier alpha value is -0.260. The van der Waals surface area contributed by atoms with E-state index in [1.807, 2.05) is 6.08 Å². The molecule has 1 atom stereocenters. The average molecular weight is 252 g/mol. The lowest BCUT2D eigenvalue weighted by molar-refractivity contribution is 0.433. The van der Waals surface area contributed by atoms with Crippen molar-refractivity contribution in [2.24, 2.45) is 5.92 Å². The van der Waals surface area contributed by atoms with Gasteiger partial charge in [-0.1, -0.05) is 90.6 Å². The molecule has 108 valence electrons. The zero-order valence-electron chi connectivity index (χ0n) is 13.1. The van der Waals surface area contributed by atoms with Crippen LogP contribution in [0, 0.1) is 5.92 Å². The molecule has 1 unspecified atom stereocenters. The predicted octanol–water partition coefficient (Wildman–Crippen LogP) is 6.90. The number of unbranched alkanes of at least 4 members (excludes halogenated alkanes) is 9. The van der Waals surface area contributed by atoms with Crippen molar-refractivity contribution in [3.8, 4) is 0 Å². The van der Waals surface area contributed by atoms with Crippen LogP contribution in [0.3, 0.4) is 0 Å². The summed E-state index contributed by atoms with van der Waals surface area (Å²) in [6, 6.07) is 0. The van der Waals surface area contributed by atoms with Crippen LogP contribution in [0.4, 0.5) is 0 Å². The molecule has 0 aromatic heterocycles. The highest BCUT2D eigenvalue weighted by molar-refractivity contribution is 4.65. The molecule has 0 bridgehead atoms. The molecule has 0 rings (SSSR count). The third kappa shape index (κ3) is 13.8. The summed E-state index contributed by atoms with van der Waals surface area (Å²) in [5, 5.41) is 0. The highest BCUT2D eigenvalue weighted by Gasteiger charge is 2.01. The first-order chi connectivity index (χ1) is 8.81. The predicted molar refractivity (Wildman–Crippen MR) is 85.1 cm³/mol. The minimum Gasteiger partial charge on any atom is -0.103 e. The zero-order valence-corrected chi connectivity index (χ0v) is 13.1. The molecule has 0 heteroatoms. The normalized spacial score (nSPS) is 12.6. The Morgan fingerprint density at radius 3 is 1.83 bits per heavy atom. The van der Waals surface area contributed by atoms with Crippen LogP contribution in [0.1, 0.15) is 97.3 Å². The summed E-state index contributed by atoms with van der Waals surface area (Å²) < 4.78 is 0. The summed E-state index contributed by atoms with van der Waals surface area (Å²) in [6.07, 6.45) is 20.4. The van der Waals surface area contributed by atoms with Crippen molar-refractivity contribution in [3.63, 3.8) is 0 Å². The second kappa shape index (κ2) is 14.8. The minimum atomic E-state index is 0.958. The average Bonchev–Trinajstić information content (AvgIpc) is 2.37. The number of hydrogen-bond donors (Lipinski definition) is 0. The van der Waals surface area contributed by atoms with E-state index in [2.05, 4.69) is 20.4 Å². The summed E-state index contributed by atoms with van der Waals surface area (Å²) in [7, 11) is 0. The molecule has 0 heterocycles. The second-order valence-electron chi connectivity index (χ2n) is 5.94. The topological polar surface area (TPSA) is 0 Å². The Morgan fingerprint density at radius 2 is 1.28 bits per heavy atom. The van der Waals surface area contributed by atoms with Gasteiger partial charge in [0.25, 0.3) is 0 Å². The fraction of sp³-hybridized carbons (Fsp3) is 0.889. The zero-order chi connectivity index (χ0) is 13.5. The SMILES string of the molecule is C=CCCCCCCCC(C)CCCCCCC. The monoisotopic (exact) mass is 252 g/mol. The highest BCUT2D eigenvalue weighted by Crippen LogP contribution is 2.18. The van der Waals surface area contributed by atoms with Crippen LogP contribution in [-0.4, -0.2) is 0 Å². The first kappa shape index (κ1) is 17.7. The van der Waals surface area contributed by atoms with Gasteiger partial charge in [0.05, 0.1) is 0 Å². The molecule has 18 heavy (non-hydrogen) atoms. The van der Waals surface area contributed by atoms with E-state index in [1.165, 1.54) is 83.5 Å². The summed E-state index contributed by atoms with van der Waals surface area (Å²) in [6.45, 7) is 8.50. The summed E-state index contributed by atoms with van der Waals surface area (Å²) >= 11 is 0. The first-order valence-corrected chi connectivity index (χ1v) is 8.42. The van der Waals surface area contributed by atoms with E-state index in [0.717, 1.165) is 5.92 Å². The third-order valence-corrected chi connectivity index (χ3v) is 3.91. The van der Waals surface area contributed by atoms with Crippen molar-refractivity contribution in [2.75, 3.05) is 0 Å². The Kier molecular flexibility index (Phi) is 14.6. The molecule has 0 amide bonds. The summed E-state index contributed by atoms with van der Waals surface area (Å²) in [4.78, 5) is 0. The van der Waals surface area contributed by atoms with Crippen LogP contribution in [0.2, 0.25) is 0 Å². The van der Waals surface area contributed by atoms with Crippen molar-refractivity contribution in [3.05, 3.63) is 12.7 Å². The van der Waals surface area contributed by atoms with Crippen molar-refractivity contribution in [2.45, 2.75) is 97.3 Å². The van der Waals surface area contributed by atoms with E-state index >= 15 is 0 Å². The number of hydrogen-bond acceptors (Lipinski definition) is 0. The van der Waals surface area contributed by atoms with Gasteiger partial charge in [0, 0.05) is 0 Å². The maximum Gasteiger partial charge on any atom is -0.0353 e. The minimum absolute atomic E-state index is 0.958. The van der Waals surface area contributed by atoms with E-state index < -0.39 is 0 Å². The lowest BCUT2D eigenvalue weighted by atomic mass is 9.96. The molecule has 0 aromatic carbocycles. The molecule has 0 aliphatic rings. The number of allylic oxidation sites excluding steroid dienone is 1. The van der Waals surface area contributed by atoms with Gasteiger partial charge in [0.15, 0.2) is 0 Å². The maximum atomic E-state index is 3.76. The van der Waals surface area contributed by atoms with Crippen molar-refractivity contribution >= 4 is 0 Å². The van der Waals surface area contributed by atoms with Crippen molar-refractivity contribution in [1.29, 1.82) is 0 Å². The molecule has 0 aliphatic carbocycles. The molecule has 0 N–H and O–H groups in total. The van der Waals surface area contributed by atoms with E-state index in [9.17, 15) is 0 Å². The van der Waals surface area contributed by atoms with Gasteiger partial charge in [-0.25, -0.2) is 0 Å². The standard InChI is InChI=1S/C18H36/c1-4-6-8-10-11-13-15-17-18(3)16-14-12-9-7-5-2/h4,18H,1,5-17H2,2-3H3. The smallest absolute Gasteiger partial charge is 0.0353 e. The molecule has 0 spiro atoms. The van der Waals surface area contributed by atoms with Crippen LogP contribution in [0.15, 0.2) is 12.7 Å². The van der Waals surface area contributed by atoms with Crippen LogP contribution in [0.5, 0.6) is 0 Å². The maximum absolute atomic E-state index is 3.76. The number of rotatable bonds is 14. The Morgan fingerprint density at radius 1 is 0.778 bits per heavy atom. The van der Waals surface area contributed by atoms with Gasteiger partial charge < -0.3 is 0 Å². The van der Waals surface area contributed by atoms with Gasteiger partial charge in [-0.05, 0) is 18.8 Å². The second-order valence-corrected chi connectivity index (χ2v) is 5.94. The van der Waals surface area contributed by atoms with Gasteiger partial charge in [-0.2, -0.15) is 0 Å². The molecule has 0 fully saturated rings. The van der Waals surface area contributed by atoms with Gasteiger partial charge in [0.1, 0.15) is 0 Å². The molecule has 0 aromatic rings. The molecule has 0 nitrogen and oxygen atoms in total. The molecular weight excluding hydrogens is 216 g/mol. The quantitative estimate of drug-likeness (QED) is 0.233. The van der Waals surface area contributed by atoms with E-state index in [-0.39, 0.29) is 0 Å².